The van der Waals surface area contributed by atoms with Crippen molar-refractivity contribution in [3.8, 4) is 17.1 Å². The maximum atomic E-state index is 10.8. The Hall–Kier alpha value is -4.66. The van der Waals surface area contributed by atoms with E-state index in [1.54, 1.807) is 35.9 Å². The number of nitrogens with zero attached hydrogens (tertiary/aromatic N) is 4. The van der Waals surface area contributed by atoms with E-state index in [2.05, 4.69) is 20.8 Å². The summed E-state index contributed by atoms with van der Waals surface area (Å²) in [5, 5.41) is 29.8. The van der Waals surface area contributed by atoms with E-state index in [1.165, 1.54) is 19.3 Å². The number of rotatable bonds is 5. The number of ether oxygens (including phenoxy) is 1. The van der Waals surface area contributed by atoms with Gasteiger partial charge in [-0.15, -0.1) is 15.3 Å². The molecule has 0 bridgehead atoms. The topological polar surface area (TPSA) is 114 Å². The Labute approximate surface area is 201 Å². The van der Waals surface area contributed by atoms with Crippen molar-refractivity contribution in [2.75, 3.05) is 17.7 Å². The van der Waals surface area contributed by atoms with Gasteiger partial charge < -0.3 is 15.2 Å². The monoisotopic (exact) mass is 468 g/mol. The third kappa shape index (κ3) is 4.98. The number of amides is 1. The summed E-state index contributed by atoms with van der Waals surface area (Å²) in [6, 6.07) is 22.3. The van der Waals surface area contributed by atoms with Crippen molar-refractivity contribution < 1.29 is 14.6 Å². The van der Waals surface area contributed by atoms with Gasteiger partial charge in [0.2, 0.25) is 0 Å². The normalized spacial score (nSPS) is 12.0. The van der Waals surface area contributed by atoms with Crippen LogP contribution in [0, 0.1) is 0 Å². The maximum absolute atomic E-state index is 10.8. The molecule has 0 aliphatic heterocycles. The van der Waals surface area contributed by atoms with Crippen molar-refractivity contribution in [1.29, 1.82) is 0 Å². The Balaban J connectivity index is 0.000000786. The molecule has 3 aromatic carbocycles. The van der Waals surface area contributed by atoms with Crippen molar-refractivity contribution in [2.24, 2.45) is 0 Å². The number of aromatic nitrogens is 4. The van der Waals surface area contributed by atoms with Crippen molar-refractivity contribution in [3.63, 3.8) is 0 Å². The van der Waals surface area contributed by atoms with Crippen LogP contribution in [0.1, 0.15) is 19.3 Å². The third-order valence-electron chi connectivity index (χ3n) is 5.36. The molecule has 1 aliphatic rings. The van der Waals surface area contributed by atoms with Gasteiger partial charge in [0.15, 0.2) is 17.3 Å². The molecule has 5 aromatic rings. The molecular weight excluding hydrogens is 444 g/mol. The lowest BCUT2D eigenvalue weighted by Gasteiger charge is -2.11. The largest absolute Gasteiger partial charge is 0.497 e. The summed E-state index contributed by atoms with van der Waals surface area (Å²) in [6.45, 7) is 0. The first-order valence-corrected chi connectivity index (χ1v) is 11.3. The molecule has 0 unspecified atom stereocenters. The number of anilines is 3. The number of carboxylic acid groups (broad SMARTS) is 1. The smallest absolute Gasteiger partial charge is 0.409 e. The molecular formula is C26H24N6O3. The summed E-state index contributed by atoms with van der Waals surface area (Å²) in [7, 11) is 1.62. The van der Waals surface area contributed by atoms with Gasteiger partial charge in [-0.3, -0.25) is 5.32 Å². The Morgan fingerprint density at radius 2 is 1.54 bits per heavy atom. The summed E-state index contributed by atoms with van der Waals surface area (Å²) < 4.78 is 6.96. The fourth-order valence-corrected chi connectivity index (χ4v) is 3.49. The first kappa shape index (κ1) is 22.1. The van der Waals surface area contributed by atoms with Crippen molar-refractivity contribution in [1.82, 2.24) is 19.8 Å². The number of hydrogen-bond donors (Lipinski definition) is 3. The highest BCUT2D eigenvalue weighted by atomic mass is 16.5. The minimum atomic E-state index is -1.11. The fourth-order valence-electron chi connectivity index (χ4n) is 3.49. The molecule has 0 atom stereocenters. The minimum absolute atomic E-state index is 0.483. The molecule has 6 rings (SSSR count). The minimum Gasteiger partial charge on any atom is -0.497 e. The average molecular weight is 469 g/mol. The number of carbonyl (C=O) groups is 1. The maximum Gasteiger partial charge on any atom is 0.409 e. The van der Waals surface area contributed by atoms with E-state index in [1.807, 2.05) is 48.5 Å². The van der Waals surface area contributed by atoms with Crippen LogP contribution in [-0.4, -0.2) is 38.1 Å². The van der Waals surface area contributed by atoms with Crippen LogP contribution in [0.15, 0.2) is 72.8 Å². The van der Waals surface area contributed by atoms with Crippen LogP contribution in [0.5, 0.6) is 5.75 Å². The number of hydrogen-bond acceptors (Lipinski definition) is 6. The van der Waals surface area contributed by atoms with Crippen molar-refractivity contribution in [3.05, 3.63) is 72.8 Å². The molecule has 3 N–H and O–H groups in total. The molecule has 1 amide bonds. The van der Waals surface area contributed by atoms with E-state index in [0.29, 0.717) is 23.0 Å². The number of methoxy groups -OCH3 is 1. The predicted octanol–water partition coefficient (Wildman–Crippen LogP) is 5.96. The van der Waals surface area contributed by atoms with Crippen LogP contribution in [0.4, 0.5) is 22.0 Å². The van der Waals surface area contributed by atoms with Crippen LogP contribution in [-0.2, 0) is 0 Å². The first-order chi connectivity index (χ1) is 17.1. The highest BCUT2D eigenvalue weighted by Crippen LogP contribution is 2.30. The van der Waals surface area contributed by atoms with Gasteiger partial charge in [-0.25, -0.2) is 4.79 Å². The summed E-state index contributed by atoms with van der Waals surface area (Å²) in [5.41, 5.74) is 2.75. The lowest BCUT2D eigenvalue weighted by molar-refractivity contribution is 0.209. The van der Waals surface area contributed by atoms with Crippen molar-refractivity contribution >= 4 is 39.7 Å². The van der Waals surface area contributed by atoms with Gasteiger partial charge in [-0.2, -0.15) is 4.52 Å². The van der Waals surface area contributed by atoms with Gasteiger partial charge in [0, 0.05) is 27.7 Å². The van der Waals surface area contributed by atoms with Crippen LogP contribution in [0.25, 0.3) is 27.8 Å². The highest BCUT2D eigenvalue weighted by molar-refractivity contribution is 6.01. The summed E-state index contributed by atoms with van der Waals surface area (Å²) in [4.78, 5) is 10.8. The van der Waals surface area contributed by atoms with Gasteiger partial charge in [0.25, 0.3) is 0 Å². The Kier molecular flexibility index (Phi) is 6.13. The molecule has 0 spiro atoms. The molecule has 1 aliphatic carbocycles. The first-order valence-electron chi connectivity index (χ1n) is 11.3. The van der Waals surface area contributed by atoms with E-state index in [-0.39, 0.29) is 0 Å². The Morgan fingerprint density at radius 3 is 2.17 bits per heavy atom. The fraction of sp³-hybridized carbons (Fsp3) is 0.154. The van der Waals surface area contributed by atoms with Gasteiger partial charge in [-0.05, 0) is 48.5 Å². The van der Waals surface area contributed by atoms with Gasteiger partial charge >= 0.3 is 6.09 Å². The van der Waals surface area contributed by atoms with Gasteiger partial charge in [0.05, 0.1) is 7.11 Å². The zero-order valence-electron chi connectivity index (χ0n) is 19.1. The molecule has 9 nitrogen and oxygen atoms in total. The second-order valence-corrected chi connectivity index (χ2v) is 8.07. The van der Waals surface area contributed by atoms with E-state index < -0.39 is 6.09 Å². The second-order valence-electron chi connectivity index (χ2n) is 8.07. The number of fused-ring (bicyclic) bond motifs is 3. The van der Waals surface area contributed by atoms with Gasteiger partial charge in [-0.1, -0.05) is 43.5 Å². The summed E-state index contributed by atoms with van der Waals surface area (Å²) >= 11 is 0. The molecule has 176 valence electrons. The molecule has 35 heavy (non-hydrogen) atoms. The molecule has 1 saturated carbocycles. The lowest BCUT2D eigenvalue weighted by atomic mass is 10.1. The van der Waals surface area contributed by atoms with E-state index in [0.717, 1.165) is 27.8 Å². The number of nitrogens with one attached hydrogen (secondary N) is 2. The van der Waals surface area contributed by atoms with E-state index >= 15 is 0 Å². The van der Waals surface area contributed by atoms with Crippen LogP contribution >= 0.6 is 0 Å². The van der Waals surface area contributed by atoms with Crippen molar-refractivity contribution in [2.45, 2.75) is 19.3 Å². The predicted molar refractivity (Wildman–Crippen MR) is 135 cm³/mol. The Morgan fingerprint density at radius 1 is 0.886 bits per heavy atom. The van der Waals surface area contributed by atoms with E-state index in [4.69, 9.17) is 14.9 Å². The van der Waals surface area contributed by atoms with Crippen LogP contribution in [0.3, 0.4) is 0 Å². The quantitative estimate of drug-likeness (QED) is 0.292. The summed E-state index contributed by atoms with van der Waals surface area (Å²) in [6.07, 6.45) is 3.39. The molecule has 2 heterocycles. The molecule has 9 heteroatoms. The molecule has 2 aromatic heterocycles. The molecule has 1 fully saturated rings. The zero-order chi connectivity index (χ0) is 24.2. The number of benzene rings is 3. The van der Waals surface area contributed by atoms with Crippen LogP contribution in [0.2, 0.25) is 0 Å². The molecule has 0 radical (unpaired) electrons. The highest BCUT2D eigenvalue weighted by Gasteiger charge is 2.15. The SMILES string of the molecule is C1CC1.COc1ccc(-c2nnc3c4ccccc4c(Nc4ccc(NC(=O)O)cc4)nn23)cc1. The lowest BCUT2D eigenvalue weighted by Crippen LogP contribution is -2.07. The summed E-state index contributed by atoms with van der Waals surface area (Å²) in [5.74, 6) is 1.99. The van der Waals surface area contributed by atoms with Crippen LogP contribution < -0.4 is 15.4 Å². The third-order valence-corrected chi connectivity index (χ3v) is 5.36. The second kappa shape index (κ2) is 9.68. The standard InChI is InChI=1S/C23H18N6O3.C3H6/c1-32-17-12-6-14(7-13-17)21-26-27-22-19-5-3-2-4-18(19)20(28-29(21)22)24-15-8-10-16(11-9-15)25-23(30)31;1-2-3-1/h2-13,25H,1H3,(H,24,28)(H,30,31);1-3H2. The average Bonchev–Trinajstić information content (AvgIpc) is 3.71. The zero-order valence-corrected chi connectivity index (χ0v) is 19.1. The Bertz CT molecular complexity index is 1470. The van der Waals surface area contributed by atoms with Gasteiger partial charge in [0.1, 0.15) is 5.75 Å². The van der Waals surface area contributed by atoms with E-state index in [9.17, 15) is 4.79 Å². The molecule has 0 saturated heterocycles.